The minimum absolute atomic E-state index is 0.129. The maximum Gasteiger partial charge on any atom is 0.243 e. The van der Waals surface area contributed by atoms with Crippen molar-refractivity contribution in [2.45, 2.75) is 24.7 Å². The van der Waals surface area contributed by atoms with Crippen LogP contribution in [0.2, 0.25) is 5.02 Å². The van der Waals surface area contributed by atoms with Gasteiger partial charge < -0.3 is 5.11 Å². The molecule has 2 rings (SSSR count). The zero-order chi connectivity index (χ0) is 14.0. The number of benzene rings is 1. The summed E-state index contributed by atoms with van der Waals surface area (Å²) in [6.07, 6.45) is 1.41. The number of hydrogen-bond donors (Lipinski definition) is 1. The molecule has 19 heavy (non-hydrogen) atoms. The molecule has 1 heterocycles. The molecule has 0 atom stereocenters. The van der Waals surface area contributed by atoms with Crippen LogP contribution in [-0.4, -0.2) is 37.5 Å². The first-order valence-corrected chi connectivity index (χ1v) is 8.14. The van der Waals surface area contributed by atoms with Crippen molar-refractivity contribution in [1.29, 1.82) is 0 Å². The summed E-state index contributed by atoms with van der Waals surface area (Å²) in [7, 11) is -3.48. The third kappa shape index (κ3) is 3.11. The smallest absolute Gasteiger partial charge is 0.243 e. The van der Waals surface area contributed by atoms with Gasteiger partial charge in [0, 0.05) is 24.7 Å². The number of aliphatic hydroxyl groups excluding tert-OH is 1. The highest BCUT2D eigenvalue weighted by Gasteiger charge is 2.30. The normalized spacial score (nSPS) is 18.7. The van der Waals surface area contributed by atoms with E-state index < -0.39 is 10.0 Å². The lowest BCUT2D eigenvalue weighted by atomic mass is 10.00. The first-order chi connectivity index (χ1) is 8.95. The number of rotatable bonds is 3. The van der Waals surface area contributed by atoms with Crippen LogP contribution in [0, 0.1) is 12.8 Å². The van der Waals surface area contributed by atoms with Gasteiger partial charge in [-0.05, 0) is 43.4 Å². The van der Waals surface area contributed by atoms with Gasteiger partial charge in [-0.3, -0.25) is 0 Å². The summed E-state index contributed by atoms with van der Waals surface area (Å²) in [5, 5.41) is 9.52. The van der Waals surface area contributed by atoms with Gasteiger partial charge >= 0.3 is 0 Å². The standard InChI is InChI=1S/C13H18ClNO3S/c1-10-2-3-12(14)8-13(10)19(17,18)15-6-4-11(9-16)5-7-15/h2-3,8,11,16H,4-7,9H2,1H3. The molecule has 1 N–H and O–H groups in total. The lowest BCUT2D eigenvalue weighted by Gasteiger charge is -2.30. The Labute approximate surface area is 119 Å². The number of halogens is 1. The zero-order valence-corrected chi connectivity index (χ0v) is 12.4. The van der Waals surface area contributed by atoms with Crippen LogP contribution in [0.3, 0.4) is 0 Å². The third-order valence-electron chi connectivity index (χ3n) is 3.60. The number of hydrogen-bond acceptors (Lipinski definition) is 3. The van der Waals surface area contributed by atoms with E-state index in [1.54, 1.807) is 19.1 Å². The number of aliphatic hydroxyl groups is 1. The summed E-state index contributed by atoms with van der Waals surface area (Å²) < 4.78 is 26.6. The summed E-state index contributed by atoms with van der Waals surface area (Å²) in [6, 6.07) is 4.91. The van der Waals surface area contributed by atoms with Gasteiger partial charge in [-0.25, -0.2) is 8.42 Å². The summed E-state index contributed by atoms with van der Waals surface area (Å²) >= 11 is 5.89. The SMILES string of the molecule is Cc1ccc(Cl)cc1S(=O)(=O)N1CCC(CO)CC1. The Morgan fingerprint density at radius 3 is 2.58 bits per heavy atom. The van der Waals surface area contributed by atoms with Crippen LogP contribution in [0.15, 0.2) is 23.1 Å². The van der Waals surface area contributed by atoms with Crippen molar-refractivity contribution in [1.82, 2.24) is 4.31 Å². The summed E-state index contributed by atoms with van der Waals surface area (Å²) in [5.74, 6) is 0.215. The molecule has 0 aromatic heterocycles. The summed E-state index contributed by atoms with van der Waals surface area (Å²) in [4.78, 5) is 0.280. The van der Waals surface area contributed by atoms with Gasteiger partial charge in [-0.15, -0.1) is 0 Å². The van der Waals surface area contributed by atoms with Crippen molar-refractivity contribution in [3.8, 4) is 0 Å². The van der Waals surface area contributed by atoms with Gasteiger partial charge in [-0.1, -0.05) is 17.7 Å². The van der Waals surface area contributed by atoms with Gasteiger partial charge in [-0.2, -0.15) is 4.31 Å². The Morgan fingerprint density at radius 2 is 2.00 bits per heavy atom. The molecule has 0 unspecified atom stereocenters. The highest BCUT2D eigenvalue weighted by Crippen LogP contribution is 2.27. The number of piperidine rings is 1. The Kier molecular flexibility index (Phi) is 4.50. The fourth-order valence-electron chi connectivity index (χ4n) is 2.32. The molecule has 6 heteroatoms. The van der Waals surface area contributed by atoms with Crippen molar-refractivity contribution in [2.75, 3.05) is 19.7 Å². The van der Waals surface area contributed by atoms with Gasteiger partial charge in [0.1, 0.15) is 0 Å². The van der Waals surface area contributed by atoms with Crippen LogP contribution in [0.1, 0.15) is 18.4 Å². The van der Waals surface area contributed by atoms with E-state index >= 15 is 0 Å². The first kappa shape index (κ1) is 14.8. The molecule has 1 saturated heterocycles. The van der Waals surface area contributed by atoms with Crippen molar-refractivity contribution in [3.05, 3.63) is 28.8 Å². The van der Waals surface area contributed by atoms with E-state index in [0.29, 0.717) is 36.5 Å². The predicted octanol–water partition coefficient (Wildman–Crippen LogP) is 2.04. The fraction of sp³-hybridized carbons (Fsp3) is 0.538. The molecule has 106 valence electrons. The predicted molar refractivity (Wildman–Crippen MR) is 74.8 cm³/mol. The van der Waals surface area contributed by atoms with Crippen LogP contribution >= 0.6 is 11.6 Å². The van der Waals surface area contributed by atoms with E-state index in [1.165, 1.54) is 10.4 Å². The van der Waals surface area contributed by atoms with E-state index in [-0.39, 0.29) is 17.4 Å². The highest BCUT2D eigenvalue weighted by atomic mass is 35.5. The summed E-state index contributed by atoms with van der Waals surface area (Å²) in [5.41, 5.74) is 0.702. The van der Waals surface area contributed by atoms with Crippen LogP contribution in [0.5, 0.6) is 0 Å². The molecule has 4 nitrogen and oxygen atoms in total. The first-order valence-electron chi connectivity index (χ1n) is 6.32. The van der Waals surface area contributed by atoms with E-state index in [4.69, 9.17) is 16.7 Å². The monoisotopic (exact) mass is 303 g/mol. The molecular formula is C13H18ClNO3S. The lowest BCUT2D eigenvalue weighted by molar-refractivity contribution is 0.170. The van der Waals surface area contributed by atoms with Crippen molar-refractivity contribution < 1.29 is 13.5 Å². The quantitative estimate of drug-likeness (QED) is 0.929. The largest absolute Gasteiger partial charge is 0.396 e. The minimum atomic E-state index is -3.48. The van der Waals surface area contributed by atoms with E-state index in [1.807, 2.05) is 0 Å². The molecule has 0 bridgehead atoms. The fourth-order valence-corrected chi connectivity index (χ4v) is 4.28. The molecule has 0 radical (unpaired) electrons. The van der Waals surface area contributed by atoms with Crippen molar-refractivity contribution in [3.63, 3.8) is 0 Å². The molecule has 1 fully saturated rings. The van der Waals surface area contributed by atoms with Gasteiger partial charge in [0.15, 0.2) is 0 Å². The van der Waals surface area contributed by atoms with Gasteiger partial charge in [0.2, 0.25) is 10.0 Å². The average Bonchev–Trinajstić information content (AvgIpc) is 2.41. The van der Waals surface area contributed by atoms with Crippen LogP contribution in [0.4, 0.5) is 0 Å². The average molecular weight is 304 g/mol. The molecular weight excluding hydrogens is 286 g/mol. The Balaban J connectivity index is 2.26. The molecule has 1 aliphatic heterocycles. The maximum atomic E-state index is 12.6. The number of nitrogens with zero attached hydrogens (tertiary/aromatic N) is 1. The molecule has 0 saturated carbocycles. The summed E-state index contributed by atoms with van der Waals surface area (Å²) in [6.45, 7) is 2.81. The van der Waals surface area contributed by atoms with E-state index in [0.717, 1.165) is 0 Å². The molecule has 1 aromatic rings. The molecule has 0 aliphatic carbocycles. The molecule has 1 aliphatic rings. The van der Waals surface area contributed by atoms with Gasteiger partial charge in [0.25, 0.3) is 0 Å². The second-order valence-corrected chi connectivity index (χ2v) is 7.28. The van der Waals surface area contributed by atoms with Crippen LogP contribution in [-0.2, 0) is 10.0 Å². The third-order valence-corrected chi connectivity index (χ3v) is 5.88. The number of sulfonamides is 1. The van der Waals surface area contributed by atoms with Crippen molar-refractivity contribution in [2.24, 2.45) is 5.92 Å². The number of aryl methyl sites for hydroxylation is 1. The zero-order valence-electron chi connectivity index (χ0n) is 10.8. The Morgan fingerprint density at radius 1 is 1.37 bits per heavy atom. The minimum Gasteiger partial charge on any atom is -0.396 e. The molecule has 0 amide bonds. The van der Waals surface area contributed by atoms with E-state index in [2.05, 4.69) is 0 Å². The highest BCUT2D eigenvalue weighted by molar-refractivity contribution is 7.89. The van der Waals surface area contributed by atoms with Gasteiger partial charge in [0.05, 0.1) is 4.90 Å². The lowest BCUT2D eigenvalue weighted by Crippen LogP contribution is -2.39. The van der Waals surface area contributed by atoms with Crippen LogP contribution < -0.4 is 0 Å². The second kappa shape index (κ2) is 5.79. The van der Waals surface area contributed by atoms with Crippen LogP contribution in [0.25, 0.3) is 0 Å². The second-order valence-electron chi connectivity index (χ2n) is 4.94. The maximum absolute atomic E-state index is 12.6. The Hall–Kier alpha value is -0.620. The topological polar surface area (TPSA) is 57.6 Å². The Bertz CT molecular complexity index is 551. The molecule has 0 spiro atoms. The van der Waals surface area contributed by atoms with Crippen molar-refractivity contribution >= 4 is 21.6 Å². The molecule has 1 aromatic carbocycles. The van der Waals surface area contributed by atoms with E-state index in [9.17, 15) is 8.42 Å².